The fourth-order valence-electron chi connectivity index (χ4n) is 1.06. The Morgan fingerprint density at radius 3 is 2.41 bits per heavy atom. The summed E-state index contributed by atoms with van der Waals surface area (Å²) in [6, 6.07) is 0. The van der Waals surface area contributed by atoms with Crippen LogP contribution in [0.2, 0.25) is 18.1 Å². The monoisotopic (exact) mass is 259 g/mol. The van der Waals surface area contributed by atoms with E-state index in [0.29, 0.717) is 19.6 Å². The van der Waals surface area contributed by atoms with Gasteiger partial charge in [0.15, 0.2) is 8.32 Å². The maximum atomic E-state index is 9.23. The molecule has 17 heavy (non-hydrogen) atoms. The Hall–Kier alpha value is -0.553. The highest BCUT2D eigenvalue weighted by atomic mass is 28.4. The summed E-state index contributed by atoms with van der Waals surface area (Å²) in [6.07, 6.45) is 0.676. The molecule has 0 aliphatic heterocycles. The molecule has 0 saturated heterocycles. The predicted molar refractivity (Wildman–Crippen MR) is 72.4 cm³/mol. The molecule has 1 atom stereocenters. The van der Waals surface area contributed by atoms with E-state index in [0.717, 1.165) is 0 Å². The van der Waals surface area contributed by atoms with Crippen LogP contribution < -0.4 is 0 Å². The van der Waals surface area contributed by atoms with Crippen LogP contribution in [0, 0.1) is 5.92 Å². The average Bonchev–Trinajstić information content (AvgIpc) is 2.21. The molecule has 100 valence electrons. The maximum absolute atomic E-state index is 9.23. The van der Waals surface area contributed by atoms with Crippen LogP contribution in [-0.4, -0.2) is 33.2 Å². The number of rotatable bonds is 7. The Kier molecular flexibility index (Phi) is 6.78. The zero-order valence-corrected chi connectivity index (χ0v) is 12.6. The van der Waals surface area contributed by atoms with Crippen molar-refractivity contribution in [1.29, 1.82) is 0 Å². The minimum absolute atomic E-state index is 0.0645. The van der Waals surface area contributed by atoms with Crippen LogP contribution in [0.4, 0.5) is 0 Å². The van der Waals surface area contributed by atoms with Crippen molar-refractivity contribution in [2.75, 3.05) is 19.8 Å². The summed E-state index contributed by atoms with van der Waals surface area (Å²) in [7, 11) is -1.75. The summed E-state index contributed by atoms with van der Waals surface area (Å²) in [6.45, 7) is 12.0. The molecule has 1 N–H and O–H groups in total. The van der Waals surface area contributed by atoms with Crippen LogP contribution in [0.15, 0.2) is 5.11 Å². The lowest BCUT2D eigenvalue weighted by molar-refractivity contribution is 0.149. The van der Waals surface area contributed by atoms with Gasteiger partial charge in [0.25, 0.3) is 0 Å². The lowest BCUT2D eigenvalue weighted by Gasteiger charge is -2.37. The van der Waals surface area contributed by atoms with Gasteiger partial charge >= 0.3 is 0 Å². The Labute approximate surface area is 105 Å². The summed E-state index contributed by atoms with van der Waals surface area (Å²) < 4.78 is 6.02. The third-order valence-electron chi connectivity index (χ3n) is 3.44. The van der Waals surface area contributed by atoms with Gasteiger partial charge in [0, 0.05) is 30.6 Å². The SMILES string of the molecule is CC(C)(C)[Si](C)(C)OC[C@H](CO)CCN=[N+]=[N-]. The van der Waals surface area contributed by atoms with Crippen LogP contribution in [0.1, 0.15) is 27.2 Å². The highest BCUT2D eigenvalue weighted by molar-refractivity contribution is 6.74. The molecule has 6 heteroatoms. The molecule has 0 aliphatic rings. The van der Waals surface area contributed by atoms with Gasteiger partial charge in [0.2, 0.25) is 0 Å². The van der Waals surface area contributed by atoms with E-state index in [4.69, 9.17) is 9.96 Å². The number of aliphatic hydroxyl groups is 1. The van der Waals surface area contributed by atoms with E-state index < -0.39 is 8.32 Å². The van der Waals surface area contributed by atoms with Gasteiger partial charge in [-0.25, -0.2) is 0 Å². The van der Waals surface area contributed by atoms with E-state index in [2.05, 4.69) is 43.9 Å². The van der Waals surface area contributed by atoms with Crippen LogP contribution in [-0.2, 0) is 4.43 Å². The van der Waals surface area contributed by atoms with Crippen LogP contribution in [0.3, 0.4) is 0 Å². The summed E-state index contributed by atoms with van der Waals surface area (Å²) in [4.78, 5) is 2.70. The molecule has 0 rings (SSSR count). The highest BCUT2D eigenvalue weighted by Crippen LogP contribution is 2.36. The molecule has 0 aromatic heterocycles. The smallest absolute Gasteiger partial charge is 0.191 e. The maximum Gasteiger partial charge on any atom is 0.191 e. The second-order valence-electron chi connectivity index (χ2n) is 5.86. The van der Waals surface area contributed by atoms with E-state index in [1.165, 1.54) is 0 Å². The first-order valence-corrected chi connectivity index (χ1v) is 8.91. The Morgan fingerprint density at radius 2 is 2.00 bits per heavy atom. The summed E-state index contributed by atoms with van der Waals surface area (Å²) in [5.74, 6) is 0.0645. The summed E-state index contributed by atoms with van der Waals surface area (Å²) >= 11 is 0. The normalized spacial score (nSPS) is 14.2. The van der Waals surface area contributed by atoms with Gasteiger partial charge in [-0.15, -0.1) is 0 Å². The van der Waals surface area contributed by atoms with E-state index in [1.807, 2.05) is 0 Å². The first-order chi connectivity index (χ1) is 7.74. The highest BCUT2D eigenvalue weighted by Gasteiger charge is 2.37. The Bertz CT molecular complexity index is 270. The van der Waals surface area contributed by atoms with Gasteiger partial charge in [-0.05, 0) is 30.1 Å². The quantitative estimate of drug-likeness (QED) is 0.329. The molecular formula is C11H25N3O2Si. The van der Waals surface area contributed by atoms with E-state index in [9.17, 15) is 5.11 Å². The van der Waals surface area contributed by atoms with Crippen molar-refractivity contribution in [2.45, 2.75) is 45.3 Å². The molecule has 0 spiro atoms. The van der Waals surface area contributed by atoms with Crippen molar-refractivity contribution in [1.82, 2.24) is 0 Å². The topological polar surface area (TPSA) is 78.2 Å². The average molecular weight is 259 g/mol. The number of azide groups is 1. The molecule has 0 amide bonds. The molecule has 0 unspecified atom stereocenters. The molecule has 0 saturated carbocycles. The standard InChI is InChI=1S/C11H25N3O2Si/c1-11(2,3)17(4,5)16-9-10(8-15)6-7-13-14-12/h10,15H,6-9H2,1-5H3/t10-/m0/s1. The van der Waals surface area contributed by atoms with Gasteiger partial charge in [0.05, 0.1) is 0 Å². The third-order valence-corrected chi connectivity index (χ3v) is 7.95. The van der Waals surface area contributed by atoms with Crippen LogP contribution in [0.5, 0.6) is 0 Å². The number of hydrogen-bond donors (Lipinski definition) is 1. The fraction of sp³-hybridized carbons (Fsp3) is 1.00. The second kappa shape index (κ2) is 7.01. The van der Waals surface area contributed by atoms with Crippen molar-refractivity contribution < 1.29 is 9.53 Å². The fourth-order valence-corrected chi connectivity index (χ4v) is 2.14. The molecule has 0 aromatic carbocycles. The Morgan fingerprint density at radius 1 is 1.41 bits per heavy atom. The molecule has 0 radical (unpaired) electrons. The van der Waals surface area contributed by atoms with Crippen molar-refractivity contribution in [3.63, 3.8) is 0 Å². The van der Waals surface area contributed by atoms with Crippen molar-refractivity contribution in [2.24, 2.45) is 11.0 Å². The molecule has 0 heterocycles. The van der Waals surface area contributed by atoms with E-state index in [-0.39, 0.29) is 17.6 Å². The van der Waals surface area contributed by atoms with Gasteiger partial charge in [-0.2, -0.15) is 0 Å². The molecule has 5 nitrogen and oxygen atoms in total. The molecule has 0 bridgehead atoms. The summed E-state index contributed by atoms with van der Waals surface area (Å²) in [5, 5.41) is 12.9. The lowest BCUT2D eigenvalue weighted by atomic mass is 10.1. The molecule has 0 aromatic rings. The predicted octanol–water partition coefficient (Wildman–Crippen LogP) is 3.32. The molecular weight excluding hydrogens is 234 g/mol. The van der Waals surface area contributed by atoms with Gasteiger partial charge in [-0.3, -0.25) is 0 Å². The molecule has 0 aliphatic carbocycles. The van der Waals surface area contributed by atoms with Crippen LogP contribution >= 0.6 is 0 Å². The number of aliphatic hydroxyl groups excluding tert-OH is 1. The number of nitrogens with zero attached hydrogens (tertiary/aromatic N) is 3. The van der Waals surface area contributed by atoms with Crippen molar-refractivity contribution >= 4 is 8.32 Å². The third kappa shape index (κ3) is 6.07. The zero-order valence-electron chi connectivity index (χ0n) is 11.6. The van der Waals surface area contributed by atoms with Gasteiger partial charge in [0.1, 0.15) is 0 Å². The summed E-state index contributed by atoms with van der Waals surface area (Å²) in [5.41, 5.74) is 8.19. The van der Waals surface area contributed by atoms with E-state index in [1.54, 1.807) is 0 Å². The molecule has 0 fully saturated rings. The zero-order chi connectivity index (χ0) is 13.5. The minimum atomic E-state index is -1.75. The van der Waals surface area contributed by atoms with E-state index >= 15 is 0 Å². The first-order valence-electron chi connectivity index (χ1n) is 6.00. The number of hydrogen-bond acceptors (Lipinski definition) is 3. The minimum Gasteiger partial charge on any atom is -0.416 e. The van der Waals surface area contributed by atoms with Gasteiger partial charge < -0.3 is 9.53 Å². The van der Waals surface area contributed by atoms with Crippen molar-refractivity contribution in [3.05, 3.63) is 10.4 Å². The van der Waals surface area contributed by atoms with Crippen LogP contribution in [0.25, 0.3) is 10.4 Å². The lowest BCUT2D eigenvalue weighted by Crippen LogP contribution is -2.42. The second-order valence-corrected chi connectivity index (χ2v) is 10.7. The van der Waals surface area contributed by atoms with Gasteiger partial charge in [-0.1, -0.05) is 25.9 Å². The van der Waals surface area contributed by atoms with Crippen molar-refractivity contribution in [3.8, 4) is 0 Å². The Balaban J connectivity index is 4.18. The largest absolute Gasteiger partial charge is 0.416 e. The first kappa shape index (κ1) is 16.4.